The highest BCUT2D eigenvalue weighted by Gasteiger charge is 2.09. The van der Waals surface area contributed by atoms with Crippen molar-refractivity contribution >= 4 is 44.3 Å². The van der Waals surface area contributed by atoms with E-state index in [0.717, 1.165) is 9.99 Å². The first-order valence-electron chi connectivity index (χ1n) is 5.76. The highest BCUT2D eigenvalue weighted by molar-refractivity contribution is 9.10. The van der Waals surface area contributed by atoms with Gasteiger partial charge in [-0.25, -0.2) is 4.98 Å². The molecule has 0 unspecified atom stereocenters. The minimum atomic E-state index is 0.495. The number of aromatic nitrogens is 2. The van der Waals surface area contributed by atoms with Gasteiger partial charge < -0.3 is 10.5 Å². The Morgan fingerprint density at radius 3 is 2.80 bits per heavy atom. The number of anilines is 1. The van der Waals surface area contributed by atoms with Crippen LogP contribution >= 0.6 is 27.5 Å². The van der Waals surface area contributed by atoms with Crippen LogP contribution in [0.5, 0.6) is 11.5 Å². The fraction of sp³-hybridized carbons (Fsp3) is 0. The van der Waals surface area contributed by atoms with E-state index < -0.39 is 0 Å². The lowest BCUT2D eigenvalue weighted by Crippen LogP contribution is -1.94. The number of rotatable bonds is 2. The number of benzene rings is 1. The summed E-state index contributed by atoms with van der Waals surface area (Å²) in [6.07, 6.45) is 3.35. The fourth-order valence-corrected chi connectivity index (χ4v) is 2.26. The van der Waals surface area contributed by atoms with E-state index in [4.69, 9.17) is 22.1 Å². The molecule has 0 amide bonds. The maximum Gasteiger partial charge on any atom is 0.156 e. The molecule has 1 aromatic carbocycles. The first kappa shape index (κ1) is 13.1. The van der Waals surface area contributed by atoms with Crippen LogP contribution in [0.1, 0.15) is 0 Å². The van der Waals surface area contributed by atoms with Crippen molar-refractivity contribution in [2.24, 2.45) is 0 Å². The van der Waals surface area contributed by atoms with Crippen molar-refractivity contribution in [3.05, 3.63) is 52.2 Å². The molecule has 6 heteroatoms. The Hall–Kier alpha value is -1.85. The van der Waals surface area contributed by atoms with Gasteiger partial charge >= 0.3 is 0 Å². The molecule has 20 heavy (non-hydrogen) atoms. The van der Waals surface area contributed by atoms with E-state index in [2.05, 4.69) is 25.9 Å². The molecular formula is C14H9BrClN3O. The standard InChI is InChI=1S/C14H9BrClN3O/c15-8-5-11-14(19-7-8)12(3-4-18-11)20-13-6-9(16)1-2-10(13)17/h1-7H,17H2. The average molecular weight is 351 g/mol. The summed E-state index contributed by atoms with van der Waals surface area (Å²) in [5, 5.41) is 0.559. The second kappa shape index (κ2) is 5.26. The molecule has 3 aromatic rings. The molecule has 0 spiro atoms. The third kappa shape index (κ3) is 2.55. The maximum atomic E-state index is 5.95. The summed E-state index contributed by atoms with van der Waals surface area (Å²) in [7, 11) is 0. The highest BCUT2D eigenvalue weighted by Crippen LogP contribution is 2.33. The zero-order valence-electron chi connectivity index (χ0n) is 10.2. The zero-order valence-corrected chi connectivity index (χ0v) is 12.5. The first-order chi connectivity index (χ1) is 9.63. The smallest absolute Gasteiger partial charge is 0.156 e. The third-order valence-corrected chi connectivity index (χ3v) is 3.37. The van der Waals surface area contributed by atoms with Crippen molar-refractivity contribution in [2.45, 2.75) is 0 Å². The van der Waals surface area contributed by atoms with Gasteiger partial charge in [-0.2, -0.15) is 0 Å². The van der Waals surface area contributed by atoms with Crippen LogP contribution in [0.2, 0.25) is 5.02 Å². The molecule has 2 aromatic heterocycles. The number of halogens is 2. The number of fused-ring (bicyclic) bond motifs is 1. The van der Waals surface area contributed by atoms with E-state index in [1.807, 2.05) is 6.07 Å². The molecule has 0 aliphatic rings. The van der Waals surface area contributed by atoms with Crippen molar-refractivity contribution in [3.63, 3.8) is 0 Å². The van der Waals surface area contributed by atoms with Crippen LogP contribution in [0, 0.1) is 0 Å². The summed E-state index contributed by atoms with van der Waals surface area (Å²) < 4.78 is 6.67. The van der Waals surface area contributed by atoms with Crippen molar-refractivity contribution in [3.8, 4) is 11.5 Å². The molecule has 0 saturated carbocycles. The molecule has 3 rings (SSSR count). The normalized spacial score (nSPS) is 10.7. The lowest BCUT2D eigenvalue weighted by atomic mass is 10.3. The molecule has 0 bridgehead atoms. The van der Waals surface area contributed by atoms with Crippen molar-refractivity contribution in [1.29, 1.82) is 0 Å². The lowest BCUT2D eigenvalue weighted by Gasteiger charge is -2.10. The van der Waals surface area contributed by atoms with Gasteiger partial charge in [0, 0.05) is 34.0 Å². The number of ether oxygens (including phenoxy) is 1. The Morgan fingerprint density at radius 1 is 1.10 bits per heavy atom. The van der Waals surface area contributed by atoms with Gasteiger partial charge in [0.05, 0.1) is 11.2 Å². The second-order valence-corrected chi connectivity index (χ2v) is 5.47. The zero-order chi connectivity index (χ0) is 14.1. The number of hydrogen-bond acceptors (Lipinski definition) is 4. The molecule has 0 saturated heterocycles. The minimum Gasteiger partial charge on any atom is -0.453 e. The van der Waals surface area contributed by atoms with Crippen molar-refractivity contribution < 1.29 is 4.74 Å². The van der Waals surface area contributed by atoms with Crippen molar-refractivity contribution in [2.75, 3.05) is 5.73 Å². The Kier molecular flexibility index (Phi) is 3.46. The highest BCUT2D eigenvalue weighted by atomic mass is 79.9. The van der Waals surface area contributed by atoms with E-state index >= 15 is 0 Å². The third-order valence-electron chi connectivity index (χ3n) is 2.70. The average Bonchev–Trinajstić information content (AvgIpc) is 2.43. The number of pyridine rings is 2. The Labute approximate surface area is 128 Å². The van der Waals surface area contributed by atoms with Gasteiger partial charge in [0.1, 0.15) is 5.52 Å². The summed E-state index contributed by atoms with van der Waals surface area (Å²) in [6.45, 7) is 0. The van der Waals surface area contributed by atoms with Crippen LogP contribution in [-0.2, 0) is 0 Å². The number of nitrogens with zero attached hydrogens (tertiary/aromatic N) is 2. The predicted octanol–water partition coefficient (Wildman–Crippen LogP) is 4.42. The number of nitrogens with two attached hydrogens (primary N) is 1. The molecule has 4 nitrogen and oxygen atoms in total. The molecule has 0 atom stereocenters. The SMILES string of the molecule is Nc1ccc(Cl)cc1Oc1ccnc2cc(Br)cnc12. The fourth-order valence-electron chi connectivity index (χ4n) is 1.78. The van der Waals surface area contributed by atoms with E-state index in [-0.39, 0.29) is 0 Å². The van der Waals surface area contributed by atoms with Crippen LogP contribution in [0.3, 0.4) is 0 Å². The van der Waals surface area contributed by atoms with Crippen LogP contribution in [-0.4, -0.2) is 9.97 Å². The topological polar surface area (TPSA) is 61.0 Å². The molecular weight excluding hydrogens is 342 g/mol. The van der Waals surface area contributed by atoms with Crippen LogP contribution in [0.4, 0.5) is 5.69 Å². The van der Waals surface area contributed by atoms with Crippen molar-refractivity contribution in [1.82, 2.24) is 9.97 Å². The second-order valence-electron chi connectivity index (χ2n) is 4.11. The first-order valence-corrected chi connectivity index (χ1v) is 6.94. The Bertz CT molecular complexity index is 794. The van der Waals surface area contributed by atoms with E-state index in [9.17, 15) is 0 Å². The van der Waals surface area contributed by atoms with Gasteiger partial charge in [-0.15, -0.1) is 0 Å². The summed E-state index contributed by atoms with van der Waals surface area (Å²) in [5.74, 6) is 1.08. The Balaban J connectivity index is 2.09. The molecule has 2 heterocycles. The van der Waals surface area contributed by atoms with Crippen LogP contribution in [0.15, 0.2) is 47.2 Å². The summed E-state index contributed by atoms with van der Waals surface area (Å²) >= 11 is 9.32. The molecule has 100 valence electrons. The minimum absolute atomic E-state index is 0.495. The number of hydrogen-bond donors (Lipinski definition) is 1. The number of nitrogen functional groups attached to an aromatic ring is 1. The van der Waals surface area contributed by atoms with Gasteiger partial charge in [-0.3, -0.25) is 4.98 Å². The van der Waals surface area contributed by atoms with Gasteiger partial charge in [-0.1, -0.05) is 11.6 Å². The van der Waals surface area contributed by atoms with E-state index in [1.165, 1.54) is 0 Å². The molecule has 0 radical (unpaired) electrons. The van der Waals surface area contributed by atoms with E-state index in [1.54, 1.807) is 36.7 Å². The van der Waals surface area contributed by atoms with E-state index in [0.29, 0.717) is 27.7 Å². The molecule has 0 aliphatic carbocycles. The monoisotopic (exact) mass is 349 g/mol. The molecule has 0 aliphatic heterocycles. The Morgan fingerprint density at radius 2 is 1.95 bits per heavy atom. The van der Waals surface area contributed by atoms with Gasteiger partial charge in [0.15, 0.2) is 11.5 Å². The van der Waals surface area contributed by atoms with Crippen LogP contribution in [0.25, 0.3) is 11.0 Å². The largest absolute Gasteiger partial charge is 0.453 e. The van der Waals surface area contributed by atoms with Gasteiger partial charge in [0.2, 0.25) is 0 Å². The van der Waals surface area contributed by atoms with Gasteiger partial charge in [0.25, 0.3) is 0 Å². The summed E-state index contributed by atoms with van der Waals surface area (Å²) in [6, 6.07) is 8.69. The maximum absolute atomic E-state index is 5.95. The molecule has 2 N–H and O–H groups in total. The van der Waals surface area contributed by atoms with Gasteiger partial charge in [-0.05, 0) is 34.1 Å². The summed E-state index contributed by atoms with van der Waals surface area (Å²) in [4.78, 5) is 8.58. The molecule has 0 fully saturated rings. The van der Waals surface area contributed by atoms with Crippen LogP contribution < -0.4 is 10.5 Å². The lowest BCUT2D eigenvalue weighted by molar-refractivity contribution is 0.489. The summed E-state index contributed by atoms with van der Waals surface area (Å²) in [5.41, 5.74) is 7.78. The predicted molar refractivity (Wildman–Crippen MR) is 83.2 cm³/mol. The quantitative estimate of drug-likeness (QED) is 0.695.